The van der Waals surface area contributed by atoms with Crippen molar-refractivity contribution in [2.24, 2.45) is 0 Å². The Morgan fingerprint density at radius 3 is 2.44 bits per heavy atom. The standard InChI is InChI=1S/C21H35NO3SSi/c1-10-24-20(23)15(2)11-12-19(25-27(8,9)21(5,6)7)16(3)13-18-14-26-17(4)22-18/h11,13-14,19H,10,12H2,1-9H3/b15-11-,16-13+/t19-/m0/s1. The van der Waals surface area contributed by atoms with E-state index in [1.54, 1.807) is 18.3 Å². The van der Waals surface area contributed by atoms with Gasteiger partial charge in [-0.15, -0.1) is 11.3 Å². The van der Waals surface area contributed by atoms with Crippen molar-refractivity contribution < 1.29 is 14.0 Å². The number of rotatable bonds is 8. The highest BCUT2D eigenvalue weighted by molar-refractivity contribution is 7.09. The second-order valence-corrected chi connectivity index (χ2v) is 14.2. The van der Waals surface area contributed by atoms with E-state index in [-0.39, 0.29) is 17.1 Å². The van der Waals surface area contributed by atoms with Gasteiger partial charge in [0.1, 0.15) is 0 Å². The molecule has 6 heteroatoms. The summed E-state index contributed by atoms with van der Waals surface area (Å²) in [6.45, 7) is 19.3. The summed E-state index contributed by atoms with van der Waals surface area (Å²) in [7, 11) is -1.96. The van der Waals surface area contributed by atoms with Crippen LogP contribution in [-0.2, 0) is 14.0 Å². The van der Waals surface area contributed by atoms with E-state index < -0.39 is 8.32 Å². The third-order valence-corrected chi connectivity index (χ3v) is 10.3. The topological polar surface area (TPSA) is 48.4 Å². The van der Waals surface area contributed by atoms with Crippen LogP contribution in [0.5, 0.6) is 0 Å². The van der Waals surface area contributed by atoms with Crippen LogP contribution in [0.15, 0.2) is 22.6 Å². The summed E-state index contributed by atoms with van der Waals surface area (Å²) < 4.78 is 11.8. The first kappa shape index (κ1) is 23.8. The van der Waals surface area contributed by atoms with E-state index in [9.17, 15) is 4.79 Å². The zero-order valence-electron chi connectivity index (χ0n) is 18.3. The van der Waals surface area contributed by atoms with Crippen molar-refractivity contribution in [2.45, 2.75) is 79.1 Å². The maximum atomic E-state index is 11.9. The summed E-state index contributed by atoms with van der Waals surface area (Å²) in [5.41, 5.74) is 2.71. The highest BCUT2D eigenvalue weighted by Crippen LogP contribution is 2.38. The molecular formula is C21H35NO3SSi. The average molecular weight is 410 g/mol. The van der Waals surface area contributed by atoms with Gasteiger partial charge in [-0.05, 0) is 63.9 Å². The van der Waals surface area contributed by atoms with Gasteiger partial charge in [-0.1, -0.05) is 26.8 Å². The van der Waals surface area contributed by atoms with E-state index in [2.05, 4.69) is 57.2 Å². The molecule has 1 aromatic rings. The molecule has 0 fully saturated rings. The normalized spacial score (nSPS) is 15.0. The van der Waals surface area contributed by atoms with Crippen LogP contribution in [0.2, 0.25) is 18.1 Å². The first-order valence-electron chi connectivity index (χ1n) is 9.49. The first-order valence-corrected chi connectivity index (χ1v) is 13.3. The van der Waals surface area contributed by atoms with Crippen molar-refractivity contribution >= 4 is 31.7 Å². The Morgan fingerprint density at radius 1 is 1.33 bits per heavy atom. The molecule has 0 unspecified atom stereocenters. The summed E-state index contributed by atoms with van der Waals surface area (Å²) in [6.07, 6.45) is 4.58. The monoisotopic (exact) mass is 409 g/mol. The SMILES string of the molecule is CCOC(=O)/C(C)=C\C[C@H](O[Si](C)(C)C(C)(C)C)/C(C)=C/c1csc(C)n1. The smallest absolute Gasteiger partial charge is 0.333 e. The Labute approximate surface area is 169 Å². The van der Waals surface area contributed by atoms with Crippen molar-refractivity contribution in [3.8, 4) is 0 Å². The van der Waals surface area contributed by atoms with Gasteiger partial charge in [-0.2, -0.15) is 0 Å². The minimum atomic E-state index is -1.96. The Kier molecular flexibility index (Phi) is 8.64. The number of aromatic nitrogens is 1. The van der Waals surface area contributed by atoms with Gasteiger partial charge in [0.2, 0.25) is 0 Å². The van der Waals surface area contributed by atoms with Crippen LogP contribution in [0, 0.1) is 6.92 Å². The van der Waals surface area contributed by atoms with Crippen LogP contribution in [0.1, 0.15) is 58.7 Å². The van der Waals surface area contributed by atoms with Crippen molar-refractivity contribution in [2.75, 3.05) is 6.61 Å². The molecular weight excluding hydrogens is 374 g/mol. The van der Waals surface area contributed by atoms with Gasteiger partial charge >= 0.3 is 5.97 Å². The van der Waals surface area contributed by atoms with Crippen LogP contribution in [0.3, 0.4) is 0 Å². The van der Waals surface area contributed by atoms with Crippen molar-refractivity contribution in [1.82, 2.24) is 4.98 Å². The fourth-order valence-electron chi connectivity index (χ4n) is 2.24. The lowest BCUT2D eigenvalue weighted by Crippen LogP contribution is -2.44. The van der Waals surface area contributed by atoms with Gasteiger partial charge in [0.25, 0.3) is 0 Å². The van der Waals surface area contributed by atoms with Crippen LogP contribution in [-0.4, -0.2) is 32.0 Å². The van der Waals surface area contributed by atoms with Crippen molar-refractivity contribution in [1.29, 1.82) is 0 Å². The van der Waals surface area contributed by atoms with E-state index >= 15 is 0 Å². The van der Waals surface area contributed by atoms with Crippen LogP contribution >= 0.6 is 11.3 Å². The van der Waals surface area contributed by atoms with Crippen LogP contribution in [0.25, 0.3) is 6.08 Å². The van der Waals surface area contributed by atoms with Gasteiger partial charge in [0.05, 0.1) is 23.4 Å². The lowest BCUT2D eigenvalue weighted by atomic mass is 10.1. The molecule has 0 bridgehead atoms. The quantitative estimate of drug-likeness (QED) is 0.294. The number of carbonyl (C=O) groups is 1. The molecule has 0 N–H and O–H groups in total. The molecule has 4 nitrogen and oxygen atoms in total. The maximum absolute atomic E-state index is 11.9. The van der Waals surface area contributed by atoms with Gasteiger partial charge in [-0.25, -0.2) is 9.78 Å². The van der Waals surface area contributed by atoms with E-state index in [1.807, 2.05) is 19.9 Å². The van der Waals surface area contributed by atoms with Crippen LogP contribution in [0.4, 0.5) is 0 Å². The lowest BCUT2D eigenvalue weighted by Gasteiger charge is -2.39. The summed E-state index contributed by atoms with van der Waals surface area (Å²) in [4.78, 5) is 16.5. The van der Waals surface area contributed by atoms with Gasteiger partial charge in [0.15, 0.2) is 8.32 Å². The molecule has 0 amide bonds. The Bertz CT molecular complexity index is 699. The van der Waals surface area contributed by atoms with Crippen LogP contribution < -0.4 is 0 Å². The molecule has 152 valence electrons. The number of carbonyl (C=O) groups excluding carboxylic acids is 1. The molecule has 1 heterocycles. The fourth-order valence-corrected chi connectivity index (χ4v) is 4.16. The molecule has 1 rings (SSSR count). The largest absolute Gasteiger partial charge is 0.463 e. The molecule has 0 aromatic carbocycles. The molecule has 0 aliphatic carbocycles. The molecule has 1 atom stereocenters. The second-order valence-electron chi connectivity index (χ2n) is 8.39. The Balaban J connectivity index is 3.10. The molecule has 0 spiro atoms. The summed E-state index contributed by atoms with van der Waals surface area (Å²) in [6, 6.07) is 0. The number of hydrogen-bond acceptors (Lipinski definition) is 5. The zero-order valence-corrected chi connectivity index (χ0v) is 20.1. The number of thiazole rings is 1. The highest BCUT2D eigenvalue weighted by Gasteiger charge is 2.39. The molecule has 0 radical (unpaired) electrons. The summed E-state index contributed by atoms with van der Waals surface area (Å²) in [5.74, 6) is -0.264. The molecule has 0 saturated heterocycles. The second kappa shape index (κ2) is 9.80. The summed E-state index contributed by atoms with van der Waals surface area (Å²) >= 11 is 1.64. The predicted molar refractivity (Wildman–Crippen MR) is 118 cm³/mol. The fraction of sp³-hybridized carbons (Fsp3) is 0.619. The number of nitrogens with zero attached hydrogens (tertiary/aromatic N) is 1. The number of aryl methyl sites for hydroxylation is 1. The average Bonchev–Trinajstić information content (AvgIpc) is 2.94. The highest BCUT2D eigenvalue weighted by atomic mass is 32.1. The molecule has 27 heavy (non-hydrogen) atoms. The third kappa shape index (κ3) is 7.35. The zero-order chi connectivity index (χ0) is 20.8. The van der Waals surface area contributed by atoms with E-state index in [0.29, 0.717) is 18.6 Å². The number of esters is 1. The molecule has 0 aliphatic heterocycles. The third-order valence-electron chi connectivity index (χ3n) is 5.00. The number of ether oxygens (including phenoxy) is 1. The molecule has 1 aromatic heterocycles. The Morgan fingerprint density at radius 2 is 1.96 bits per heavy atom. The van der Waals surface area contributed by atoms with E-state index in [0.717, 1.165) is 16.3 Å². The minimum absolute atomic E-state index is 0.0859. The van der Waals surface area contributed by atoms with Gasteiger partial charge < -0.3 is 9.16 Å². The van der Waals surface area contributed by atoms with Crippen molar-refractivity contribution in [3.05, 3.63) is 33.3 Å². The minimum Gasteiger partial charge on any atom is -0.463 e. The lowest BCUT2D eigenvalue weighted by molar-refractivity contribution is -0.138. The van der Waals surface area contributed by atoms with Crippen molar-refractivity contribution in [3.63, 3.8) is 0 Å². The predicted octanol–water partition coefficient (Wildman–Crippen LogP) is 6.14. The van der Waals surface area contributed by atoms with Gasteiger partial charge in [0, 0.05) is 11.0 Å². The Hall–Kier alpha value is -1.24. The summed E-state index contributed by atoms with van der Waals surface area (Å²) in [5, 5.41) is 3.22. The molecule has 0 saturated carbocycles. The number of hydrogen-bond donors (Lipinski definition) is 0. The molecule has 0 aliphatic rings. The van der Waals surface area contributed by atoms with Gasteiger partial charge in [-0.3, -0.25) is 0 Å². The maximum Gasteiger partial charge on any atom is 0.333 e. The van der Waals surface area contributed by atoms with E-state index in [1.165, 1.54) is 0 Å². The first-order chi connectivity index (χ1) is 12.4. The van der Waals surface area contributed by atoms with E-state index in [4.69, 9.17) is 9.16 Å².